The molecule has 2 rings (SSSR count). The monoisotopic (exact) mass is 194 g/mol. The fourth-order valence-electron chi connectivity index (χ4n) is 1.70. The molecule has 5 heteroatoms. The first-order valence-corrected chi connectivity index (χ1v) is 4.58. The van der Waals surface area contributed by atoms with E-state index in [4.69, 9.17) is 0 Å². The average molecular weight is 194 g/mol. The Morgan fingerprint density at radius 3 is 2.79 bits per heavy atom. The number of fused-ring (bicyclic) bond motifs is 1. The second-order valence-corrected chi connectivity index (χ2v) is 3.80. The summed E-state index contributed by atoms with van der Waals surface area (Å²) in [4.78, 5) is 15.0. The van der Waals surface area contributed by atoms with Crippen LogP contribution < -0.4 is 0 Å². The van der Waals surface area contributed by atoms with E-state index in [1.807, 2.05) is 6.92 Å². The zero-order valence-electron chi connectivity index (χ0n) is 8.66. The minimum atomic E-state index is 0.0500. The number of carbonyl (C=O) groups is 1. The van der Waals surface area contributed by atoms with Crippen LogP contribution in [0.5, 0.6) is 0 Å². The van der Waals surface area contributed by atoms with Gasteiger partial charge in [0.05, 0.1) is 24.5 Å². The van der Waals surface area contributed by atoms with Crippen molar-refractivity contribution in [3.63, 3.8) is 0 Å². The quantitative estimate of drug-likeness (QED) is 0.661. The lowest BCUT2D eigenvalue weighted by molar-refractivity contribution is 0.170. The van der Waals surface area contributed by atoms with Crippen molar-refractivity contribution in [3.05, 3.63) is 17.0 Å². The number of nitrogens with one attached hydrogen (secondary N) is 1. The lowest BCUT2D eigenvalue weighted by Gasteiger charge is -2.20. The molecule has 1 aromatic heterocycles. The molecule has 0 radical (unpaired) electrons. The van der Waals surface area contributed by atoms with Crippen molar-refractivity contribution < 1.29 is 4.79 Å². The number of amides is 2. The van der Waals surface area contributed by atoms with Crippen LogP contribution in [0.15, 0.2) is 0 Å². The summed E-state index contributed by atoms with van der Waals surface area (Å²) < 4.78 is 0. The molecule has 1 aliphatic heterocycles. The smallest absolute Gasteiger partial charge is 0.320 e. The molecule has 1 N–H and O–H groups in total. The van der Waals surface area contributed by atoms with Crippen LogP contribution in [-0.2, 0) is 13.1 Å². The number of urea groups is 1. The Bertz CT molecular complexity index is 369. The van der Waals surface area contributed by atoms with E-state index in [-0.39, 0.29) is 6.03 Å². The van der Waals surface area contributed by atoms with Crippen molar-refractivity contribution in [2.24, 2.45) is 0 Å². The molecule has 1 aliphatic rings. The highest BCUT2D eigenvalue weighted by Gasteiger charge is 2.27. The van der Waals surface area contributed by atoms with Gasteiger partial charge in [0.15, 0.2) is 0 Å². The first kappa shape index (κ1) is 9.05. The fourth-order valence-corrected chi connectivity index (χ4v) is 1.70. The van der Waals surface area contributed by atoms with Crippen molar-refractivity contribution in [3.8, 4) is 0 Å². The average Bonchev–Trinajstić information content (AvgIpc) is 2.67. The van der Waals surface area contributed by atoms with Crippen LogP contribution in [-0.4, -0.2) is 40.1 Å². The van der Waals surface area contributed by atoms with Crippen molar-refractivity contribution >= 4 is 6.03 Å². The topological polar surface area (TPSA) is 52.2 Å². The van der Waals surface area contributed by atoms with E-state index < -0.39 is 0 Å². The van der Waals surface area contributed by atoms with Gasteiger partial charge < -0.3 is 9.80 Å². The maximum atomic E-state index is 11.6. The van der Waals surface area contributed by atoms with E-state index in [9.17, 15) is 4.79 Å². The lowest BCUT2D eigenvalue weighted by Crippen LogP contribution is -2.35. The molecular formula is C9H14N4O. The van der Waals surface area contributed by atoms with E-state index in [1.54, 1.807) is 23.9 Å². The minimum Gasteiger partial charge on any atom is -0.331 e. The second-order valence-electron chi connectivity index (χ2n) is 3.80. The number of H-pyrrole nitrogens is 1. The Labute approximate surface area is 82.7 Å². The third-order valence-electron chi connectivity index (χ3n) is 2.51. The van der Waals surface area contributed by atoms with Gasteiger partial charge >= 0.3 is 6.03 Å². The summed E-state index contributed by atoms with van der Waals surface area (Å²) in [5.41, 5.74) is 3.23. The molecule has 0 aromatic carbocycles. The Hall–Kier alpha value is -1.52. The molecule has 0 saturated carbocycles. The molecule has 1 aromatic rings. The van der Waals surface area contributed by atoms with Crippen LogP contribution in [0.4, 0.5) is 4.79 Å². The summed E-state index contributed by atoms with van der Waals surface area (Å²) in [5.74, 6) is 0. The lowest BCUT2D eigenvalue weighted by atomic mass is 10.2. The molecule has 0 aliphatic carbocycles. The van der Waals surface area contributed by atoms with E-state index in [0.717, 1.165) is 11.4 Å². The van der Waals surface area contributed by atoms with E-state index in [2.05, 4.69) is 10.2 Å². The van der Waals surface area contributed by atoms with Crippen molar-refractivity contribution in [2.75, 3.05) is 14.1 Å². The minimum absolute atomic E-state index is 0.0500. The predicted molar refractivity (Wildman–Crippen MR) is 51.7 cm³/mol. The highest BCUT2D eigenvalue weighted by Crippen LogP contribution is 2.23. The Morgan fingerprint density at radius 2 is 2.21 bits per heavy atom. The van der Waals surface area contributed by atoms with E-state index in [0.29, 0.717) is 13.1 Å². The van der Waals surface area contributed by atoms with Crippen molar-refractivity contribution in [1.82, 2.24) is 20.0 Å². The number of nitrogens with zero attached hydrogens (tertiary/aromatic N) is 3. The first-order chi connectivity index (χ1) is 6.59. The third kappa shape index (κ3) is 1.25. The number of aryl methyl sites for hydroxylation is 1. The summed E-state index contributed by atoms with van der Waals surface area (Å²) in [6, 6.07) is 0.0500. The molecule has 0 saturated heterocycles. The molecule has 0 spiro atoms. The van der Waals surface area contributed by atoms with Gasteiger partial charge in [0.2, 0.25) is 0 Å². The van der Waals surface area contributed by atoms with Crippen LogP contribution in [0.1, 0.15) is 17.0 Å². The Kier molecular flexibility index (Phi) is 1.94. The highest BCUT2D eigenvalue weighted by atomic mass is 16.2. The van der Waals surface area contributed by atoms with Gasteiger partial charge in [0.25, 0.3) is 0 Å². The van der Waals surface area contributed by atoms with Gasteiger partial charge in [0, 0.05) is 19.7 Å². The Balaban J connectivity index is 2.16. The molecule has 76 valence electrons. The van der Waals surface area contributed by atoms with Gasteiger partial charge in [-0.3, -0.25) is 5.10 Å². The van der Waals surface area contributed by atoms with Gasteiger partial charge in [0.1, 0.15) is 0 Å². The van der Waals surface area contributed by atoms with Crippen LogP contribution in [0.25, 0.3) is 0 Å². The predicted octanol–water partition coefficient (Wildman–Crippen LogP) is 0.715. The molecule has 0 fully saturated rings. The fraction of sp³-hybridized carbons (Fsp3) is 0.556. The zero-order chi connectivity index (χ0) is 10.3. The van der Waals surface area contributed by atoms with Gasteiger partial charge in [-0.25, -0.2) is 4.79 Å². The normalized spacial score (nSPS) is 14.4. The molecule has 0 unspecified atom stereocenters. The van der Waals surface area contributed by atoms with Gasteiger partial charge in [-0.15, -0.1) is 0 Å². The maximum Gasteiger partial charge on any atom is 0.320 e. The van der Waals surface area contributed by atoms with E-state index in [1.165, 1.54) is 5.56 Å². The van der Waals surface area contributed by atoms with E-state index >= 15 is 0 Å². The molecule has 0 atom stereocenters. The summed E-state index contributed by atoms with van der Waals surface area (Å²) in [5, 5.41) is 7.05. The van der Waals surface area contributed by atoms with Crippen molar-refractivity contribution in [2.45, 2.75) is 20.0 Å². The number of aromatic nitrogens is 2. The van der Waals surface area contributed by atoms with Gasteiger partial charge in [-0.05, 0) is 6.92 Å². The summed E-state index contributed by atoms with van der Waals surface area (Å²) in [6.45, 7) is 3.28. The van der Waals surface area contributed by atoms with Crippen LogP contribution in [0.3, 0.4) is 0 Å². The zero-order valence-corrected chi connectivity index (χ0v) is 8.66. The number of aromatic amines is 1. The highest BCUT2D eigenvalue weighted by molar-refractivity contribution is 5.74. The summed E-state index contributed by atoms with van der Waals surface area (Å²) in [7, 11) is 3.53. The second kappa shape index (κ2) is 3.01. The molecular weight excluding hydrogens is 180 g/mol. The SMILES string of the molecule is Cc1n[nH]c2c1CN(C(=O)N(C)C)C2. The first-order valence-electron chi connectivity index (χ1n) is 4.58. The van der Waals surface area contributed by atoms with Crippen LogP contribution >= 0.6 is 0 Å². The molecule has 2 amide bonds. The molecule has 2 heterocycles. The number of hydrogen-bond acceptors (Lipinski definition) is 2. The third-order valence-corrected chi connectivity index (χ3v) is 2.51. The Morgan fingerprint density at radius 1 is 1.50 bits per heavy atom. The number of rotatable bonds is 0. The maximum absolute atomic E-state index is 11.6. The van der Waals surface area contributed by atoms with Crippen LogP contribution in [0.2, 0.25) is 0 Å². The largest absolute Gasteiger partial charge is 0.331 e. The summed E-state index contributed by atoms with van der Waals surface area (Å²) in [6.07, 6.45) is 0. The van der Waals surface area contributed by atoms with Gasteiger partial charge in [-0.2, -0.15) is 5.10 Å². The summed E-state index contributed by atoms with van der Waals surface area (Å²) >= 11 is 0. The molecule has 5 nitrogen and oxygen atoms in total. The number of carbonyl (C=O) groups excluding carboxylic acids is 1. The van der Waals surface area contributed by atoms with Crippen molar-refractivity contribution in [1.29, 1.82) is 0 Å². The molecule has 14 heavy (non-hydrogen) atoms. The van der Waals surface area contributed by atoms with Crippen LogP contribution in [0, 0.1) is 6.92 Å². The standard InChI is InChI=1S/C9H14N4O/c1-6-7-4-13(9(14)12(2)3)5-8(7)11-10-6/h4-5H2,1-3H3,(H,10,11). The number of hydrogen-bond donors (Lipinski definition) is 1. The van der Waals surface area contributed by atoms with Gasteiger partial charge in [-0.1, -0.05) is 0 Å². The molecule has 0 bridgehead atoms.